The Morgan fingerprint density at radius 3 is 2.71 bits per heavy atom. The van der Waals surface area contributed by atoms with Crippen LogP contribution in [0.3, 0.4) is 0 Å². The summed E-state index contributed by atoms with van der Waals surface area (Å²) in [5.41, 5.74) is 1.28. The molecule has 2 N–H and O–H groups in total. The van der Waals surface area contributed by atoms with E-state index in [9.17, 15) is 17.6 Å². The number of fused-ring (bicyclic) bond motifs is 5. The van der Waals surface area contributed by atoms with Gasteiger partial charge in [-0.1, -0.05) is 6.92 Å². The van der Waals surface area contributed by atoms with Crippen molar-refractivity contribution < 1.29 is 17.6 Å². The highest BCUT2D eigenvalue weighted by molar-refractivity contribution is 6.08. The molecule has 1 aliphatic carbocycles. The van der Waals surface area contributed by atoms with Gasteiger partial charge < -0.3 is 0 Å². The Labute approximate surface area is 156 Å². The average molecular weight is 389 g/mol. The number of halogens is 4. The van der Waals surface area contributed by atoms with Crippen molar-refractivity contribution in [1.29, 1.82) is 0 Å². The minimum Gasteiger partial charge on any atom is -0.278 e. The molecule has 3 aromatic heterocycles. The van der Waals surface area contributed by atoms with Crippen LogP contribution in [0.25, 0.3) is 33.1 Å². The molecule has 0 radical (unpaired) electrons. The fraction of sp³-hybridized carbons (Fsp3) is 0.316. The van der Waals surface area contributed by atoms with Gasteiger partial charge in [-0.2, -0.15) is 23.4 Å². The van der Waals surface area contributed by atoms with Gasteiger partial charge in [-0.05, 0) is 36.3 Å². The number of nitrogens with zero attached hydrogens (tertiary/aromatic N) is 3. The van der Waals surface area contributed by atoms with Gasteiger partial charge in [0.05, 0.1) is 29.2 Å². The Bertz CT molecular complexity index is 1220. The van der Waals surface area contributed by atoms with E-state index in [1.54, 1.807) is 6.20 Å². The third-order valence-electron chi connectivity index (χ3n) is 5.60. The lowest BCUT2D eigenvalue weighted by Crippen LogP contribution is -2.09. The molecule has 9 heteroatoms. The van der Waals surface area contributed by atoms with Crippen LogP contribution in [-0.2, 0) is 12.6 Å². The molecule has 4 aromatic rings. The van der Waals surface area contributed by atoms with Crippen molar-refractivity contribution in [1.82, 2.24) is 25.4 Å². The third kappa shape index (κ3) is 2.28. The number of rotatable bonds is 2. The van der Waals surface area contributed by atoms with Crippen molar-refractivity contribution in [3.8, 4) is 11.3 Å². The zero-order valence-corrected chi connectivity index (χ0v) is 14.8. The highest BCUT2D eigenvalue weighted by Crippen LogP contribution is 2.47. The van der Waals surface area contributed by atoms with Crippen LogP contribution in [0.1, 0.15) is 42.5 Å². The maximum Gasteiger partial charge on any atom is 0.433 e. The van der Waals surface area contributed by atoms with Crippen LogP contribution in [0.2, 0.25) is 0 Å². The molecule has 1 atom stereocenters. The molecule has 0 fully saturated rings. The Morgan fingerprint density at radius 1 is 1.18 bits per heavy atom. The van der Waals surface area contributed by atoms with E-state index in [4.69, 9.17) is 0 Å². The van der Waals surface area contributed by atoms with Crippen molar-refractivity contribution >= 4 is 21.8 Å². The summed E-state index contributed by atoms with van der Waals surface area (Å²) >= 11 is 0. The first kappa shape index (κ1) is 17.2. The normalized spacial score (nSPS) is 17.0. The Kier molecular flexibility index (Phi) is 3.53. The van der Waals surface area contributed by atoms with Crippen LogP contribution >= 0.6 is 0 Å². The molecular weight excluding hydrogens is 374 g/mol. The molecule has 1 aromatic carbocycles. The second kappa shape index (κ2) is 5.76. The number of hydrogen-bond donors (Lipinski definition) is 2. The molecule has 144 valence electrons. The number of aromatic amines is 2. The summed E-state index contributed by atoms with van der Waals surface area (Å²) < 4.78 is 55.3. The number of benzene rings is 1. The summed E-state index contributed by atoms with van der Waals surface area (Å²) in [7, 11) is 0. The lowest BCUT2D eigenvalue weighted by atomic mass is 9.91. The van der Waals surface area contributed by atoms with Gasteiger partial charge in [0.2, 0.25) is 0 Å². The third-order valence-corrected chi connectivity index (χ3v) is 5.60. The predicted molar refractivity (Wildman–Crippen MR) is 95.3 cm³/mol. The Hall–Kier alpha value is -2.97. The molecule has 0 aliphatic heterocycles. The first-order valence-electron chi connectivity index (χ1n) is 8.99. The topological polar surface area (TPSA) is 70.2 Å². The minimum atomic E-state index is -4.61. The van der Waals surface area contributed by atoms with E-state index in [2.05, 4.69) is 20.3 Å². The van der Waals surface area contributed by atoms with E-state index in [1.807, 2.05) is 12.0 Å². The predicted octanol–water partition coefficient (Wildman–Crippen LogP) is 5.10. The van der Waals surface area contributed by atoms with Crippen LogP contribution in [0.4, 0.5) is 17.6 Å². The fourth-order valence-electron chi connectivity index (χ4n) is 4.37. The summed E-state index contributed by atoms with van der Waals surface area (Å²) in [5, 5.41) is 13.7. The number of alkyl halides is 3. The van der Waals surface area contributed by atoms with Crippen LogP contribution in [-0.4, -0.2) is 25.4 Å². The van der Waals surface area contributed by atoms with Crippen molar-refractivity contribution in [2.24, 2.45) is 0 Å². The largest absolute Gasteiger partial charge is 0.433 e. The molecule has 28 heavy (non-hydrogen) atoms. The number of H-pyrrole nitrogens is 2. The molecule has 0 saturated heterocycles. The van der Waals surface area contributed by atoms with Crippen LogP contribution in [0.15, 0.2) is 18.5 Å². The molecule has 5 nitrogen and oxygen atoms in total. The molecule has 3 heterocycles. The highest BCUT2D eigenvalue weighted by Gasteiger charge is 2.39. The van der Waals surface area contributed by atoms with Crippen molar-refractivity contribution in [2.75, 3.05) is 0 Å². The van der Waals surface area contributed by atoms with E-state index in [1.165, 1.54) is 6.07 Å². The van der Waals surface area contributed by atoms with Crippen LogP contribution in [0.5, 0.6) is 0 Å². The minimum absolute atomic E-state index is 0.0584. The molecular formula is C19H15F4N5. The van der Waals surface area contributed by atoms with E-state index >= 15 is 0 Å². The van der Waals surface area contributed by atoms with Gasteiger partial charge >= 0.3 is 6.18 Å². The number of aryl methyl sites for hydroxylation is 1. The van der Waals surface area contributed by atoms with E-state index in [-0.39, 0.29) is 22.7 Å². The summed E-state index contributed by atoms with van der Waals surface area (Å²) in [6.07, 6.45) is 0.323. The van der Waals surface area contributed by atoms with E-state index in [0.29, 0.717) is 17.3 Å². The van der Waals surface area contributed by atoms with Crippen molar-refractivity contribution in [3.63, 3.8) is 0 Å². The standard InChI is InChI=1S/C19H15F4N5/c1-2-8-3-4-9-14(8)16(11-7-25-28-18(11)19(21,22)23)26-17-12(20)5-13-10(15(9)17)6-24-27-13/h5-8H,2-4H2,1H3,(H,24,27)(H,25,28). The van der Waals surface area contributed by atoms with E-state index in [0.717, 1.165) is 35.6 Å². The first-order chi connectivity index (χ1) is 13.4. The quantitative estimate of drug-likeness (QED) is 0.469. The lowest BCUT2D eigenvalue weighted by molar-refractivity contribution is -0.140. The van der Waals surface area contributed by atoms with Gasteiger partial charge in [-0.15, -0.1) is 0 Å². The van der Waals surface area contributed by atoms with Gasteiger partial charge in [0.25, 0.3) is 0 Å². The lowest BCUT2D eigenvalue weighted by Gasteiger charge is -2.17. The molecule has 0 spiro atoms. The zero-order valence-electron chi connectivity index (χ0n) is 14.8. The van der Waals surface area contributed by atoms with Crippen LogP contribution in [0, 0.1) is 5.82 Å². The average Bonchev–Trinajstić information content (AvgIpc) is 3.38. The second-order valence-electron chi connectivity index (χ2n) is 7.07. The fourth-order valence-corrected chi connectivity index (χ4v) is 4.37. The molecule has 0 saturated carbocycles. The smallest absolute Gasteiger partial charge is 0.278 e. The summed E-state index contributed by atoms with van der Waals surface area (Å²) in [5.74, 6) is -0.532. The molecule has 5 rings (SSSR count). The van der Waals surface area contributed by atoms with Gasteiger partial charge in [-0.25, -0.2) is 9.37 Å². The maximum absolute atomic E-state index is 14.8. The number of hydrogen-bond acceptors (Lipinski definition) is 3. The Morgan fingerprint density at radius 2 is 1.96 bits per heavy atom. The monoisotopic (exact) mass is 389 g/mol. The SMILES string of the molecule is CCC1CCc2c1c(-c1cn[nH]c1C(F)(F)F)nc1c(F)cc3[nH]ncc3c21. The second-order valence-corrected chi connectivity index (χ2v) is 7.07. The molecule has 0 bridgehead atoms. The molecule has 1 unspecified atom stereocenters. The molecule has 1 aliphatic rings. The number of nitrogens with one attached hydrogen (secondary N) is 2. The van der Waals surface area contributed by atoms with Gasteiger partial charge in [0, 0.05) is 16.8 Å². The molecule has 0 amide bonds. The summed E-state index contributed by atoms with van der Waals surface area (Å²) in [4.78, 5) is 4.41. The summed E-state index contributed by atoms with van der Waals surface area (Å²) in [6, 6.07) is 1.28. The van der Waals surface area contributed by atoms with Crippen LogP contribution < -0.4 is 0 Å². The van der Waals surface area contributed by atoms with Crippen molar-refractivity contribution in [2.45, 2.75) is 38.3 Å². The Balaban J connectivity index is 1.93. The van der Waals surface area contributed by atoms with E-state index < -0.39 is 17.7 Å². The van der Waals surface area contributed by atoms with Gasteiger partial charge in [-0.3, -0.25) is 10.2 Å². The van der Waals surface area contributed by atoms with Crippen molar-refractivity contribution in [3.05, 3.63) is 41.1 Å². The number of aromatic nitrogens is 5. The number of pyridine rings is 1. The first-order valence-corrected chi connectivity index (χ1v) is 8.99. The summed E-state index contributed by atoms with van der Waals surface area (Å²) in [6.45, 7) is 1.99. The zero-order chi connectivity index (χ0) is 19.6. The highest BCUT2D eigenvalue weighted by atomic mass is 19.4. The maximum atomic E-state index is 14.8. The van der Waals surface area contributed by atoms with Gasteiger partial charge in [0.1, 0.15) is 11.2 Å². The van der Waals surface area contributed by atoms with Gasteiger partial charge in [0.15, 0.2) is 5.82 Å².